The summed E-state index contributed by atoms with van der Waals surface area (Å²) in [4.78, 5) is 27.1. The second-order valence-corrected chi connectivity index (χ2v) is 6.86. The van der Waals surface area contributed by atoms with E-state index in [4.69, 9.17) is 21.1 Å². The molecule has 2 aliphatic rings. The molecule has 2 aromatic rings. The molecule has 2 amide bonds. The standard InChI is InChI=1S/C19H17ClN4O4/c1-10-4-5-11(8-15(10)20)23-18(25)16-17(19(23)26)24(22-21-16)12-6-13(27-2)9-14(7-12)28-3/h4-9,16-17H,1-3H3/t16-,17-/m0/s1. The van der Waals surface area contributed by atoms with Gasteiger partial charge in [0.1, 0.15) is 11.5 Å². The second kappa shape index (κ2) is 6.79. The van der Waals surface area contributed by atoms with Crippen molar-refractivity contribution in [2.75, 3.05) is 24.1 Å². The topological polar surface area (TPSA) is 83.8 Å². The molecule has 1 fully saturated rings. The highest BCUT2D eigenvalue weighted by molar-refractivity contribution is 6.32. The highest BCUT2D eigenvalue weighted by Crippen LogP contribution is 2.38. The smallest absolute Gasteiger partial charge is 0.263 e. The average Bonchev–Trinajstić information content (AvgIpc) is 3.24. The molecule has 0 unspecified atom stereocenters. The largest absolute Gasteiger partial charge is 0.497 e. The number of aryl methyl sites for hydroxylation is 1. The summed E-state index contributed by atoms with van der Waals surface area (Å²) in [6, 6.07) is 8.38. The molecule has 1 saturated heterocycles. The zero-order chi connectivity index (χ0) is 20.0. The fourth-order valence-corrected chi connectivity index (χ4v) is 3.45. The van der Waals surface area contributed by atoms with Gasteiger partial charge in [0.25, 0.3) is 11.8 Å². The first kappa shape index (κ1) is 18.2. The van der Waals surface area contributed by atoms with Gasteiger partial charge in [-0.05, 0) is 24.6 Å². The maximum atomic E-state index is 13.1. The van der Waals surface area contributed by atoms with Crippen LogP contribution in [0.2, 0.25) is 5.02 Å². The van der Waals surface area contributed by atoms with Crippen LogP contribution in [0.4, 0.5) is 11.4 Å². The SMILES string of the molecule is COc1cc(OC)cc(N2N=N[C@@H]3C(=O)N(c4ccc(C)c(Cl)c4)C(=O)[C@H]32)c1. The molecule has 0 bridgehead atoms. The molecule has 0 N–H and O–H groups in total. The number of imide groups is 1. The maximum absolute atomic E-state index is 13.1. The Bertz CT molecular complexity index is 987. The number of methoxy groups -OCH3 is 2. The molecule has 2 heterocycles. The number of amides is 2. The van der Waals surface area contributed by atoms with Crippen molar-refractivity contribution in [3.8, 4) is 11.5 Å². The molecule has 0 spiro atoms. The van der Waals surface area contributed by atoms with Gasteiger partial charge in [0, 0.05) is 23.2 Å². The molecule has 2 aliphatic heterocycles. The van der Waals surface area contributed by atoms with Gasteiger partial charge in [-0.2, -0.15) is 5.11 Å². The van der Waals surface area contributed by atoms with Crippen LogP contribution in [0.15, 0.2) is 46.7 Å². The summed E-state index contributed by atoms with van der Waals surface area (Å²) in [7, 11) is 3.06. The van der Waals surface area contributed by atoms with Gasteiger partial charge in [-0.3, -0.25) is 9.59 Å². The fourth-order valence-electron chi connectivity index (χ4n) is 3.27. The summed E-state index contributed by atoms with van der Waals surface area (Å²) in [5, 5.41) is 9.99. The lowest BCUT2D eigenvalue weighted by Crippen LogP contribution is -2.39. The molecular formula is C19H17ClN4O4. The number of fused-ring (bicyclic) bond motifs is 1. The zero-order valence-electron chi connectivity index (χ0n) is 15.4. The number of benzene rings is 2. The highest BCUT2D eigenvalue weighted by atomic mass is 35.5. The lowest BCUT2D eigenvalue weighted by atomic mass is 10.1. The van der Waals surface area contributed by atoms with Crippen molar-refractivity contribution in [2.45, 2.75) is 19.0 Å². The molecule has 0 aromatic heterocycles. The van der Waals surface area contributed by atoms with Gasteiger partial charge in [-0.25, -0.2) is 9.91 Å². The monoisotopic (exact) mass is 400 g/mol. The van der Waals surface area contributed by atoms with Crippen molar-refractivity contribution in [1.29, 1.82) is 0 Å². The van der Waals surface area contributed by atoms with E-state index in [1.807, 2.05) is 6.92 Å². The number of rotatable bonds is 4. The molecular weight excluding hydrogens is 384 g/mol. The van der Waals surface area contributed by atoms with Gasteiger partial charge < -0.3 is 9.47 Å². The summed E-state index contributed by atoms with van der Waals surface area (Å²) >= 11 is 6.17. The molecule has 28 heavy (non-hydrogen) atoms. The fraction of sp³-hybridized carbons (Fsp3) is 0.263. The number of ether oxygens (including phenoxy) is 2. The van der Waals surface area contributed by atoms with Gasteiger partial charge in [0.15, 0.2) is 12.1 Å². The number of carbonyl (C=O) groups is 2. The van der Waals surface area contributed by atoms with Crippen molar-refractivity contribution in [3.05, 3.63) is 47.0 Å². The quantitative estimate of drug-likeness (QED) is 0.736. The van der Waals surface area contributed by atoms with E-state index in [0.717, 1.165) is 10.5 Å². The van der Waals surface area contributed by atoms with Crippen LogP contribution in [0.1, 0.15) is 5.56 Å². The van der Waals surface area contributed by atoms with E-state index in [2.05, 4.69) is 10.3 Å². The summed E-state index contributed by atoms with van der Waals surface area (Å²) in [5.74, 6) is 0.219. The van der Waals surface area contributed by atoms with Gasteiger partial charge >= 0.3 is 0 Å². The minimum Gasteiger partial charge on any atom is -0.497 e. The predicted octanol–water partition coefficient (Wildman–Crippen LogP) is 3.16. The normalized spacial score (nSPS) is 20.7. The second-order valence-electron chi connectivity index (χ2n) is 6.46. The molecule has 2 atom stereocenters. The number of anilines is 2. The van der Waals surface area contributed by atoms with Crippen LogP contribution >= 0.6 is 11.6 Å². The maximum Gasteiger partial charge on any atom is 0.263 e. The van der Waals surface area contributed by atoms with Gasteiger partial charge in [-0.15, -0.1) is 0 Å². The van der Waals surface area contributed by atoms with E-state index in [-0.39, 0.29) is 0 Å². The van der Waals surface area contributed by atoms with Crippen molar-refractivity contribution in [3.63, 3.8) is 0 Å². The first-order chi connectivity index (χ1) is 13.4. The average molecular weight is 401 g/mol. The Morgan fingerprint density at radius 2 is 1.64 bits per heavy atom. The van der Waals surface area contributed by atoms with Crippen LogP contribution in [0.3, 0.4) is 0 Å². The summed E-state index contributed by atoms with van der Waals surface area (Å²) in [6.45, 7) is 1.85. The first-order valence-electron chi connectivity index (χ1n) is 8.51. The van der Waals surface area contributed by atoms with E-state index < -0.39 is 23.9 Å². The predicted molar refractivity (Wildman–Crippen MR) is 103 cm³/mol. The van der Waals surface area contributed by atoms with Crippen LogP contribution in [-0.2, 0) is 9.59 Å². The molecule has 9 heteroatoms. The van der Waals surface area contributed by atoms with Gasteiger partial charge in [-0.1, -0.05) is 22.9 Å². The lowest BCUT2D eigenvalue weighted by molar-refractivity contribution is -0.121. The van der Waals surface area contributed by atoms with Crippen molar-refractivity contribution >= 4 is 34.8 Å². The van der Waals surface area contributed by atoms with Crippen LogP contribution < -0.4 is 19.4 Å². The van der Waals surface area contributed by atoms with E-state index in [1.165, 1.54) is 19.2 Å². The minimum atomic E-state index is -0.912. The summed E-state index contributed by atoms with van der Waals surface area (Å²) in [5.41, 5.74) is 1.81. The third-order valence-corrected chi connectivity index (χ3v) is 5.20. The van der Waals surface area contributed by atoms with Crippen LogP contribution in [0.25, 0.3) is 0 Å². The number of nitrogens with zero attached hydrogens (tertiary/aromatic N) is 4. The van der Waals surface area contributed by atoms with Crippen LogP contribution in [-0.4, -0.2) is 38.1 Å². The minimum absolute atomic E-state index is 0.415. The molecule has 2 aromatic carbocycles. The van der Waals surface area contributed by atoms with Crippen LogP contribution in [0, 0.1) is 6.92 Å². The Morgan fingerprint density at radius 1 is 0.964 bits per heavy atom. The number of hydrogen-bond donors (Lipinski definition) is 0. The van der Waals surface area contributed by atoms with E-state index in [1.54, 1.807) is 36.4 Å². The summed E-state index contributed by atoms with van der Waals surface area (Å²) < 4.78 is 10.6. The third kappa shape index (κ3) is 2.77. The number of halogens is 1. The summed E-state index contributed by atoms with van der Waals surface area (Å²) in [6.07, 6.45) is 0. The molecule has 0 aliphatic carbocycles. The molecule has 8 nitrogen and oxygen atoms in total. The number of carbonyl (C=O) groups excluding carboxylic acids is 2. The van der Waals surface area contributed by atoms with Gasteiger partial charge in [0.2, 0.25) is 0 Å². The molecule has 0 saturated carbocycles. The van der Waals surface area contributed by atoms with Crippen molar-refractivity contribution in [1.82, 2.24) is 0 Å². The van der Waals surface area contributed by atoms with Gasteiger partial charge in [0.05, 0.1) is 25.6 Å². The zero-order valence-corrected chi connectivity index (χ0v) is 16.2. The van der Waals surface area contributed by atoms with Crippen LogP contribution in [0.5, 0.6) is 11.5 Å². The van der Waals surface area contributed by atoms with Crippen molar-refractivity contribution < 1.29 is 19.1 Å². The van der Waals surface area contributed by atoms with E-state index in [0.29, 0.717) is 27.9 Å². The van der Waals surface area contributed by atoms with E-state index >= 15 is 0 Å². The Labute approximate surface area is 166 Å². The molecule has 4 rings (SSSR count). The third-order valence-electron chi connectivity index (χ3n) is 4.80. The molecule has 0 radical (unpaired) electrons. The van der Waals surface area contributed by atoms with E-state index in [9.17, 15) is 9.59 Å². The number of hydrogen-bond acceptors (Lipinski definition) is 7. The Balaban J connectivity index is 1.71. The Hall–Kier alpha value is -3.13. The van der Waals surface area contributed by atoms with Crippen molar-refractivity contribution in [2.24, 2.45) is 10.3 Å². The first-order valence-corrected chi connectivity index (χ1v) is 8.89. The highest BCUT2D eigenvalue weighted by Gasteiger charge is 2.55. The lowest BCUT2D eigenvalue weighted by Gasteiger charge is -2.21. The Kier molecular flexibility index (Phi) is 4.43. The molecule has 144 valence electrons. The Morgan fingerprint density at radius 3 is 2.25 bits per heavy atom.